The lowest BCUT2D eigenvalue weighted by molar-refractivity contribution is 0.0521. The third-order valence-corrected chi connectivity index (χ3v) is 4.43. The smallest absolute Gasteiger partial charge is 0.343 e. The molecule has 7 nitrogen and oxygen atoms in total. The monoisotopic (exact) mass is 337 g/mol. The number of nitrogens with zero attached hydrogens (tertiary/aromatic N) is 1. The largest absolute Gasteiger partial charge is 0.462 e. The minimum absolute atomic E-state index is 0.0799. The van der Waals surface area contributed by atoms with Gasteiger partial charge in [-0.05, 0) is 51.0 Å². The Balaban J connectivity index is 2.42. The molecule has 1 aromatic carbocycles. The van der Waals surface area contributed by atoms with E-state index in [9.17, 15) is 13.2 Å². The number of aromatic amines is 1. The number of benzene rings is 1. The Labute approximate surface area is 135 Å². The molecule has 0 radical (unpaired) electrons. The average molecular weight is 337 g/mol. The van der Waals surface area contributed by atoms with Crippen LogP contribution in [0.25, 0.3) is 0 Å². The van der Waals surface area contributed by atoms with Crippen molar-refractivity contribution in [1.29, 1.82) is 0 Å². The molecule has 2 N–H and O–H groups in total. The Morgan fingerprint density at radius 1 is 1.22 bits per heavy atom. The van der Waals surface area contributed by atoms with Crippen LogP contribution >= 0.6 is 0 Å². The van der Waals surface area contributed by atoms with Crippen molar-refractivity contribution in [2.75, 3.05) is 11.3 Å². The summed E-state index contributed by atoms with van der Waals surface area (Å²) in [6, 6.07) is 5.34. The van der Waals surface area contributed by atoms with Crippen molar-refractivity contribution in [3.63, 3.8) is 0 Å². The minimum atomic E-state index is -4.01. The molecule has 0 fully saturated rings. The average Bonchev–Trinajstić information content (AvgIpc) is 2.80. The van der Waals surface area contributed by atoms with Crippen molar-refractivity contribution < 1.29 is 17.9 Å². The molecular weight excluding hydrogens is 318 g/mol. The Morgan fingerprint density at radius 3 is 2.39 bits per heavy atom. The number of hydrogen-bond acceptors (Lipinski definition) is 5. The number of rotatable bonds is 5. The van der Waals surface area contributed by atoms with Crippen molar-refractivity contribution in [2.45, 2.75) is 32.7 Å². The SMILES string of the molecule is CCOC(=O)c1c(S(=O)(=O)Nc2cc(C)cc(C)c2)n[nH]c1C. The van der Waals surface area contributed by atoms with Gasteiger partial charge in [-0.1, -0.05) is 6.07 Å². The van der Waals surface area contributed by atoms with Crippen LogP contribution in [0.4, 0.5) is 5.69 Å². The zero-order valence-corrected chi connectivity index (χ0v) is 14.2. The molecule has 8 heteroatoms. The fraction of sp³-hybridized carbons (Fsp3) is 0.333. The highest BCUT2D eigenvalue weighted by atomic mass is 32.2. The molecule has 0 spiro atoms. The molecule has 0 aliphatic carbocycles. The summed E-state index contributed by atoms with van der Waals surface area (Å²) in [7, 11) is -4.01. The molecule has 1 heterocycles. The van der Waals surface area contributed by atoms with Gasteiger partial charge >= 0.3 is 5.97 Å². The number of nitrogens with one attached hydrogen (secondary N) is 2. The van der Waals surface area contributed by atoms with Gasteiger partial charge in [-0.15, -0.1) is 0 Å². The quantitative estimate of drug-likeness (QED) is 0.815. The number of carbonyl (C=O) groups is 1. The zero-order valence-electron chi connectivity index (χ0n) is 13.4. The van der Waals surface area contributed by atoms with E-state index in [0.717, 1.165) is 11.1 Å². The van der Waals surface area contributed by atoms with E-state index in [1.807, 2.05) is 19.9 Å². The first kappa shape index (κ1) is 17.0. The fourth-order valence-corrected chi connectivity index (χ4v) is 3.48. The summed E-state index contributed by atoms with van der Waals surface area (Å²) >= 11 is 0. The summed E-state index contributed by atoms with van der Waals surface area (Å²) in [4.78, 5) is 12.0. The van der Waals surface area contributed by atoms with E-state index in [1.54, 1.807) is 26.0 Å². The normalized spacial score (nSPS) is 11.3. The van der Waals surface area contributed by atoms with E-state index in [4.69, 9.17) is 4.74 Å². The molecule has 0 unspecified atom stereocenters. The molecule has 0 aliphatic rings. The summed E-state index contributed by atoms with van der Waals surface area (Å²) in [6.45, 7) is 7.10. The Bertz CT molecular complexity index is 820. The number of esters is 1. The van der Waals surface area contributed by atoms with Gasteiger partial charge in [0.05, 0.1) is 6.61 Å². The molecule has 0 saturated carbocycles. The first-order chi connectivity index (χ1) is 10.7. The summed E-state index contributed by atoms with van der Waals surface area (Å²) < 4.78 is 32.5. The number of hydrogen-bond donors (Lipinski definition) is 2. The first-order valence-corrected chi connectivity index (χ1v) is 8.56. The Hall–Kier alpha value is -2.35. The second-order valence-electron chi connectivity index (χ2n) is 5.23. The predicted molar refractivity (Wildman–Crippen MR) is 86.0 cm³/mol. The van der Waals surface area contributed by atoms with Gasteiger partial charge in [0.2, 0.25) is 5.03 Å². The highest BCUT2D eigenvalue weighted by Gasteiger charge is 2.29. The van der Waals surface area contributed by atoms with Crippen LogP contribution in [0.2, 0.25) is 0 Å². The van der Waals surface area contributed by atoms with Gasteiger partial charge in [0.1, 0.15) is 5.56 Å². The highest BCUT2D eigenvalue weighted by Crippen LogP contribution is 2.22. The Morgan fingerprint density at radius 2 is 1.83 bits per heavy atom. The van der Waals surface area contributed by atoms with Crippen LogP contribution in [-0.2, 0) is 14.8 Å². The van der Waals surface area contributed by atoms with Crippen LogP contribution in [-0.4, -0.2) is 31.2 Å². The Kier molecular flexibility index (Phi) is 4.74. The number of aromatic nitrogens is 2. The van der Waals surface area contributed by atoms with Crippen LogP contribution in [0.1, 0.15) is 34.1 Å². The second kappa shape index (κ2) is 6.41. The van der Waals surface area contributed by atoms with Crippen LogP contribution in [0.3, 0.4) is 0 Å². The van der Waals surface area contributed by atoms with E-state index < -0.39 is 16.0 Å². The van der Waals surface area contributed by atoms with Gasteiger partial charge in [0.15, 0.2) is 0 Å². The molecule has 124 valence electrons. The molecule has 2 rings (SSSR count). The van der Waals surface area contributed by atoms with E-state index >= 15 is 0 Å². The molecular formula is C15H19N3O4S. The van der Waals surface area contributed by atoms with Gasteiger partial charge < -0.3 is 4.74 Å². The maximum Gasteiger partial charge on any atom is 0.343 e. The van der Waals surface area contributed by atoms with E-state index in [1.165, 1.54) is 0 Å². The third-order valence-electron chi connectivity index (χ3n) is 3.12. The van der Waals surface area contributed by atoms with Crippen LogP contribution in [0, 0.1) is 20.8 Å². The predicted octanol–water partition coefficient (Wildman–Crippen LogP) is 2.31. The van der Waals surface area contributed by atoms with Gasteiger partial charge in [0.25, 0.3) is 10.0 Å². The van der Waals surface area contributed by atoms with E-state index in [2.05, 4.69) is 14.9 Å². The first-order valence-electron chi connectivity index (χ1n) is 7.07. The summed E-state index contributed by atoms with van der Waals surface area (Å²) in [5.41, 5.74) is 2.52. The van der Waals surface area contributed by atoms with Crippen molar-refractivity contribution in [3.8, 4) is 0 Å². The maximum absolute atomic E-state index is 12.6. The number of ether oxygens (including phenoxy) is 1. The van der Waals surface area contributed by atoms with Gasteiger partial charge in [-0.2, -0.15) is 13.5 Å². The molecule has 1 aromatic heterocycles. The lowest BCUT2D eigenvalue weighted by Crippen LogP contribution is -2.18. The number of anilines is 1. The van der Waals surface area contributed by atoms with Crippen LogP contribution in [0.15, 0.2) is 23.2 Å². The molecule has 23 heavy (non-hydrogen) atoms. The van der Waals surface area contributed by atoms with Crippen molar-refractivity contribution in [1.82, 2.24) is 10.2 Å². The van der Waals surface area contributed by atoms with Crippen molar-refractivity contribution >= 4 is 21.7 Å². The van der Waals surface area contributed by atoms with Gasteiger partial charge in [-0.25, -0.2) is 4.79 Å². The second-order valence-corrected chi connectivity index (χ2v) is 6.83. The minimum Gasteiger partial charge on any atom is -0.462 e. The van der Waals surface area contributed by atoms with Crippen LogP contribution < -0.4 is 4.72 Å². The fourth-order valence-electron chi connectivity index (χ4n) is 2.28. The lowest BCUT2D eigenvalue weighted by Gasteiger charge is -2.09. The van der Waals surface area contributed by atoms with E-state index in [0.29, 0.717) is 11.4 Å². The standard InChI is InChI=1S/C15H19N3O4S/c1-5-22-15(19)13-11(4)16-17-14(13)23(20,21)18-12-7-9(2)6-10(3)8-12/h6-8,18H,5H2,1-4H3,(H,16,17). The molecule has 0 atom stereocenters. The molecule has 0 aliphatic heterocycles. The van der Waals surface area contributed by atoms with Crippen LogP contribution in [0.5, 0.6) is 0 Å². The molecule has 0 amide bonds. The van der Waals surface area contributed by atoms with Crippen molar-refractivity contribution in [3.05, 3.63) is 40.6 Å². The summed E-state index contributed by atoms with van der Waals surface area (Å²) in [5.74, 6) is -0.723. The highest BCUT2D eigenvalue weighted by molar-refractivity contribution is 7.92. The number of sulfonamides is 1. The van der Waals surface area contributed by atoms with Crippen molar-refractivity contribution in [2.24, 2.45) is 0 Å². The number of carbonyl (C=O) groups excluding carboxylic acids is 1. The van der Waals surface area contributed by atoms with E-state index in [-0.39, 0.29) is 17.2 Å². The third kappa shape index (κ3) is 3.70. The topological polar surface area (TPSA) is 101 Å². The zero-order chi connectivity index (χ0) is 17.2. The molecule has 0 saturated heterocycles. The molecule has 2 aromatic rings. The van der Waals surface area contributed by atoms with Gasteiger partial charge in [-0.3, -0.25) is 9.82 Å². The summed E-state index contributed by atoms with van der Waals surface area (Å²) in [5, 5.41) is 5.91. The molecule has 0 bridgehead atoms. The number of aryl methyl sites for hydroxylation is 3. The lowest BCUT2D eigenvalue weighted by atomic mass is 10.1. The summed E-state index contributed by atoms with van der Waals surface area (Å²) in [6.07, 6.45) is 0. The number of H-pyrrole nitrogens is 1. The van der Waals surface area contributed by atoms with Gasteiger partial charge in [0, 0.05) is 11.4 Å². The maximum atomic E-state index is 12.6.